The van der Waals surface area contributed by atoms with Gasteiger partial charge in [0.05, 0.1) is 0 Å². The summed E-state index contributed by atoms with van der Waals surface area (Å²) in [7, 11) is 0. The lowest BCUT2D eigenvalue weighted by atomic mass is 9.87. The molecule has 12 heavy (non-hydrogen) atoms. The van der Waals surface area contributed by atoms with Crippen LogP contribution in [-0.2, 0) is 4.79 Å². The number of aliphatic hydroxyl groups is 1. The van der Waals surface area contributed by atoms with Crippen LogP contribution in [0.4, 0.5) is 0 Å². The molecular formula is C10H20O2. The van der Waals surface area contributed by atoms with Crippen molar-refractivity contribution in [3.63, 3.8) is 0 Å². The van der Waals surface area contributed by atoms with Crippen LogP contribution in [-0.4, -0.2) is 17.5 Å². The SMILES string of the molecule is CC(CO)CCC(=O)C(C)(C)C. The van der Waals surface area contributed by atoms with Crippen LogP contribution < -0.4 is 0 Å². The van der Waals surface area contributed by atoms with Crippen molar-refractivity contribution < 1.29 is 9.90 Å². The minimum absolute atomic E-state index is 0.178. The predicted molar refractivity (Wildman–Crippen MR) is 49.9 cm³/mol. The average molecular weight is 172 g/mol. The van der Waals surface area contributed by atoms with Crippen LogP contribution in [0.3, 0.4) is 0 Å². The minimum atomic E-state index is -0.227. The van der Waals surface area contributed by atoms with E-state index in [1.807, 2.05) is 27.7 Å². The lowest BCUT2D eigenvalue weighted by Crippen LogP contribution is -2.20. The van der Waals surface area contributed by atoms with Crippen molar-refractivity contribution in [3.05, 3.63) is 0 Å². The first-order valence-corrected chi connectivity index (χ1v) is 4.52. The van der Waals surface area contributed by atoms with E-state index in [1.54, 1.807) is 0 Å². The molecule has 0 aromatic heterocycles. The maximum Gasteiger partial charge on any atom is 0.138 e. The molecule has 0 bridgehead atoms. The number of Topliss-reactive ketones (excluding diaryl/α,β-unsaturated/α-hetero) is 1. The van der Waals surface area contributed by atoms with E-state index < -0.39 is 0 Å². The van der Waals surface area contributed by atoms with Gasteiger partial charge in [-0.05, 0) is 12.3 Å². The quantitative estimate of drug-likeness (QED) is 0.704. The molecule has 0 aromatic rings. The van der Waals surface area contributed by atoms with Crippen molar-refractivity contribution in [1.29, 1.82) is 0 Å². The normalized spacial score (nSPS) is 14.4. The molecule has 1 N–H and O–H groups in total. The fraction of sp³-hybridized carbons (Fsp3) is 0.900. The molecule has 0 radical (unpaired) electrons. The number of ketones is 1. The Labute approximate surface area is 75.0 Å². The Morgan fingerprint density at radius 2 is 1.92 bits per heavy atom. The largest absolute Gasteiger partial charge is 0.396 e. The van der Waals surface area contributed by atoms with Gasteiger partial charge in [0.1, 0.15) is 5.78 Å². The summed E-state index contributed by atoms with van der Waals surface area (Å²) in [4.78, 5) is 11.4. The van der Waals surface area contributed by atoms with Gasteiger partial charge < -0.3 is 5.11 Å². The van der Waals surface area contributed by atoms with Gasteiger partial charge in [-0.1, -0.05) is 27.7 Å². The maximum absolute atomic E-state index is 11.4. The van der Waals surface area contributed by atoms with Gasteiger partial charge in [-0.25, -0.2) is 0 Å². The van der Waals surface area contributed by atoms with Crippen molar-refractivity contribution in [2.75, 3.05) is 6.61 Å². The highest BCUT2D eigenvalue weighted by Gasteiger charge is 2.20. The summed E-state index contributed by atoms with van der Waals surface area (Å²) in [6.45, 7) is 7.92. The molecule has 0 heterocycles. The second kappa shape index (κ2) is 4.61. The number of hydrogen-bond acceptors (Lipinski definition) is 2. The number of carbonyl (C=O) groups excluding carboxylic acids is 1. The molecule has 0 aliphatic heterocycles. The molecule has 72 valence electrons. The lowest BCUT2D eigenvalue weighted by molar-refractivity contribution is -0.126. The van der Waals surface area contributed by atoms with Crippen LogP contribution in [0, 0.1) is 11.3 Å². The Hall–Kier alpha value is -0.370. The molecule has 1 atom stereocenters. The zero-order valence-corrected chi connectivity index (χ0v) is 8.55. The van der Waals surface area contributed by atoms with E-state index in [0.29, 0.717) is 6.42 Å². The molecule has 0 aromatic carbocycles. The molecule has 0 spiro atoms. The fourth-order valence-electron chi connectivity index (χ4n) is 0.844. The van der Waals surface area contributed by atoms with Crippen LogP contribution in [0.5, 0.6) is 0 Å². The van der Waals surface area contributed by atoms with Gasteiger partial charge in [-0.3, -0.25) is 4.79 Å². The average Bonchev–Trinajstić information content (AvgIpc) is 1.97. The maximum atomic E-state index is 11.4. The monoisotopic (exact) mass is 172 g/mol. The molecule has 0 aliphatic rings. The summed E-state index contributed by atoms with van der Waals surface area (Å²) in [5.74, 6) is 0.527. The van der Waals surface area contributed by atoms with Gasteiger partial charge in [0.2, 0.25) is 0 Å². The van der Waals surface area contributed by atoms with Crippen LogP contribution in [0.25, 0.3) is 0 Å². The Morgan fingerprint density at radius 3 is 2.25 bits per heavy atom. The summed E-state index contributed by atoms with van der Waals surface area (Å²) < 4.78 is 0. The zero-order chi connectivity index (χ0) is 9.78. The minimum Gasteiger partial charge on any atom is -0.396 e. The van der Waals surface area contributed by atoms with Crippen molar-refractivity contribution in [2.24, 2.45) is 11.3 Å². The van der Waals surface area contributed by atoms with E-state index in [-0.39, 0.29) is 23.7 Å². The van der Waals surface area contributed by atoms with E-state index >= 15 is 0 Å². The molecule has 2 nitrogen and oxygen atoms in total. The van der Waals surface area contributed by atoms with Gasteiger partial charge in [0, 0.05) is 18.4 Å². The topological polar surface area (TPSA) is 37.3 Å². The number of carbonyl (C=O) groups is 1. The summed E-state index contributed by atoms with van der Waals surface area (Å²) in [6.07, 6.45) is 1.39. The third kappa shape index (κ3) is 4.50. The Morgan fingerprint density at radius 1 is 1.42 bits per heavy atom. The first kappa shape index (κ1) is 11.6. The second-order valence-electron chi connectivity index (χ2n) is 4.50. The summed E-state index contributed by atoms with van der Waals surface area (Å²) in [5, 5.41) is 8.74. The molecule has 0 fully saturated rings. The van der Waals surface area contributed by atoms with E-state index in [0.717, 1.165) is 6.42 Å². The Balaban J connectivity index is 3.73. The van der Waals surface area contributed by atoms with Crippen LogP contribution in [0.1, 0.15) is 40.5 Å². The van der Waals surface area contributed by atoms with Gasteiger partial charge >= 0.3 is 0 Å². The van der Waals surface area contributed by atoms with Crippen molar-refractivity contribution in [2.45, 2.75) is 40.5 Å². The summed E-state index contributed by atoms with van der Waals surface area (Å²) in [5.41, 5.74) is -0.227. The fourth-order valence-corrected chi connectivity index (χ4v) is 0.844. The van der Waals surface area contributed by atoms with Crippen molar-refractivity contribution in [1.82, 2.24) is 0 Å². The first-order valence-electron chi connectivity index (χ1n) is 4.52. The third-order valence-corrected chi connectivity index (χ3v) is 2.01. The number of aliphatic hydroxyl groups excluding tert-OH is 1. The molecule has 0 amide bonds. The van der Waals surface area contributed by atoms with E-state index in [1.165, 1.54) is 0 Å². The molecule has 0 aliphatic carbocycles. The molecule has 2 heteroatoms. The molecule has 1 unspecified atom stereocenters. The van der Waals surface area contributed by atoms with Crippen LogP contribution >= 0.6 is 0 Å². The van der Waals surface area contributed by atoms with Gasteiger partial charge in [0.25, 0.3) is 0 Å². The smallest absolute Gasteiger partial charge is 0.138 e. The van der Waals surface area contributed by atoms with E-state index in [2.05, 4.69) is 0 Å². The molecule has 0 rings (SSSR count). The number of rotatable bonds is 4. The highest BCUT2D eigenvalue weighted by atomic mass is 16.3. The Bertz CT molecular complexity index is 144. The zero-order valence-electron chi connectivity index (χ0n) is 8.55. The number of hydrogen-bond donors (Lipinski definition) is 1. The Kier molecular flexibility index (Phi) is 4.46. The van der Waals surface area contributed by atoms with Crippen LogP contribution in [0.2, 0.25) is 0 Å². The van der Waals surface area contributed by atoms with Gasteiger partial charge in [-0.15, -0.1) is 0 Å². The second-order valence-corrected chi connectivity index (χ2v) is 4.50. The van der Waals surface area contributed by atoms with Gasteiger partial charge in [-0.2, -0.15) is 0 Å². The highest BCUT2D eigenvalue weighted by molar-refractivity contribution is 5.83. The predicted octanol–water partition coefficient (Wildman–Crippen LogP) is 2.01. The first-order chi connectivity index (χ1) is 5.38. The van der Waals surface area contributed by atoms with Crippen molar-refractivity contribution >= 4 is 5.78 Å². The van der Waals surface area contributed by atoms with Crippen LogP contribution in [0.15, 0.2) is 0 Å². The van der Waals surface area contributed by atoms with Crippen molar-refractivity contribution in [3.8, 4) is 0 Å². The summed E-state index contributed by atoms with van der Waals surface area (Å²) in [6, 6.07) is 0. The summed E-state index contributed by atoms with van der Waals surface area (Å²) >= 11 is 0. The van der Waals surface area contributed by atoms with E-state index in [9.17, 15) is 4.79 Å². The molecular weight excluding hydrogens is 152 g/mol. The highest BCUT2D eigenvalue weighted by Crippen LogP contribution is 2.19. The molecule has 0 saturated carbocycles. The third-order valence-electron chi connectivity index (χ3n) is 2.01. The van der Waals surface area contributed by atoms with E-state index in [4.69, 9.17) is 5.11 Å². The lowest BCUT2D eigenvalue weighted by Gasteiger charge is -2.17. The standard InChI is InChI=1S/C10H20O2/c1-8(7-11)5-6-9(12)10(2,3)4/h8,11H,5-7H2,1-4H3. The van der Waals surface area contributed by atoms with Gasteiger partial charge in [0.15, 0.2) is 0 Å². The molecule has 0 saturated heterocycles.